The molecule has 0 aliphatic carbocycles. The van der Waals surface area contributed by atoms with E-state index in [9.17, 15) is 5.11 Å². The molecule has 68 valence electrons. The van der Waals surface area contributed by atoms with Crippen LogP contribution in [0.3, 0.4) is 0 Å². The molecule has 1 N–H and O–H groups in total. The van der Waals surface area contributed by atoms with Crippen LogP contribution in [0.15, 0.2) is 0 Å². The molecule has 0 radical (unpaired) electrons. The van der Waals surface area contributed by atoms with Crippen LogP contribution in [0, 0.1) is 11.2 Å². The van der Waals surface area contributed by atoms with Crippen LogP contribution in [0.4, 0.5) is 0 Å². The van der Waals surface area contributed by atoms with Crippen molar-refractivity contribution in [1.82, 2.24) is 4.90 Å². The zero-order valence-corrected chi connectivity index (χ0v) is 9.09. The number of β-amino-alcohol motifs (C(OH)–C–C–N with tert-alkyl or cyclic N) is 1. The van der Waals surface area contributed by atoms with E-state index in [-0.39, 0.29) is 6.10 Å². The van der Waals surface area contributed by atoms with Crippen LogP contribution in [0.1, 0.15) is 6.42 Å². The van der Waals surface area contributed by atoms with Gasteiger partial charge in [-0.05, 0) is 21.5 Å². The normalized spacial score (nSPS) is 23.7. The highest BCUT2D eigenvalue weighted by Gasteiger charge is 2.18. The zero-order valence-electron chi connectivity index (χ0n) is 6.56. The molecule has 1 heterocycles. The summed E-state index contributed by atoms with van der Waals surface area (Å²) in [6.45, 7) is 2.50. The number of hydrogen-bond donors (Lipinski definition) is 2. The summed E-state index contributed by atoms with van der Waals surface area (Å²) in [7, 11) is 2.78. The van der Waals surface area contributed by atoms with Crippen molar-refractivity contribution in [2.75, 3.05) is 19.6 Å². The highest BCUT2D eigenvalue weighted by Crippen LogP contribution is 2.22. The second-order valence-corrected chi connectivity index (χ2v) is 5.42. The standard InChI is InChI=1S/C7H11NOS3/c9-7-2-4-8(6-7)3-1-5-11-12-10/h7,9-10H,2-4,6H2/t7-/m0/s1. The monoisotopic (exact) mass is 221 g/mol. The fourth-order valence-electron chi connectivity index (χ4n) is 1.15. The Balaban J connectivity index is 2.12. The molecule has 0 spiro atoms. The summed E-state index contributed by atoms with van der Waals surface area (Å²) >= 11 is 3.94. The number of rotatable bonds is 2. The fourth-order valence-corrected chi connectivity index (χ4v) is 1.93. The van der Waals surface area contributed by atoms with Crippen LogP contribution in [0.25, 0.3) is 0 Å². The van der Waals surface area contributed by atoms with Gasteiger partial charge in [-0.25, -0.2) is 0 Å². The van der Waals surface area contributed by atoms with Gasteiger partial charge in [0.15, 0.2) is 0 Å². The lowest BCUT2D eigenvalue weighted by molar-refractivity contribution is 0.180. The first kappa shape index (κ1) is 10.6. The van der Waals surface area contributed by atoms with Gasteiger partial charge >= 0.3 is 0 Å². The van der Waals surface area contributed by atoms with Gasteiger partial charge in [0.25, 0.3) is 0 Å². The molecule has 1 saturated heterocycles. The van der Waals surface area contributed by atoms with E-state index in [1.54, 1.807) is 0 Å². The summed E-state index contributed by atoms with van der Waals surface area (Å²) in [5.41, 5.74) is 0. The van der Waals surface area contributed by atoms with Crippen molar-refractivity contribution in [2.24, 2.45) is 0 Å². The van der Waals surface area contributed by atoms with Gasteiger partial charge in [0.2, 0.25) is 0 Å². The quantitative estimate of drug-likeness (QED) is 0.416. The summed E-state index contributed by atoms with van der Waals surface area (Å²) in [6, 6.07) is 0. The smallest absolute Gasteiger partial charge is 0.0679 e. The van der Waals surface area contributed by atoms with E-state index in [0.29, 0.717) is 0 Å². The molecule has 0 aromatic rings. The van der Waals surface area contributed by atoms with Crippen LogP contribution in [0.5, 0.6) is 0 Å². The van der Waals surface area contributed by atoms with Crippen molar-refractivity contribution < 1.29 is 5.11 Å². The van der Waals surface area contributed by atoms with Crippen LogP contribution in [0.2, 0.25) is 0 Å². The fraction of sp³-hybridized carbons (Fsp3) is 0.714. The lowest BCUT2D eigenvalue weighted by Crippen LogP contribution is -2.22. The number of aliphatic hydroxyl groups excluding tert-OH is 1. The van der Waals surface area contributed by atoms with Gasteiger partial charge in [-0.15, -0.1) is 0 Å². The predicted molar refractivity (Wildman–Crippen MR) is 59.0 cm³/mol. The Morgan fingerprint density at radius 3 is 3.08 bits per heavy atom. The number of aliphatic hydroxyl groups is 1. The van der Waals surface area contributed by atoms with Gasteiger partial charge in [-0.3, -0.25) is 4.90 Å². The van der Waals surface area contributed by atoms with E-state index in [1.807, 2.05) is 0 Å². The molecular weight excluding hydrogens is 210 g/mol. The molecule has 1 aliphatic heterocycles. The molecule has 1 aliphatic rings. The largest absolute Gasteiger partial charge is 0.392 e. The van der Waals surface area contributed by atoms with E-state index in [2.05, 4.69) is 27.7 Å². The Hall–Kier alpha value is 0.530. The first-order chi connectivity index (χ1) is 5.83. The molecule has 12 heavy (non-hydrogen) atoms. The van der Waals surface area contributed by atoms with E-state index < -0.39 is 0 Å². The van der Waals surface area contributed by atoms with Crippen molar-refractivity contribution in [3.63, 3.8) is 0 Å². The van der Waals surface area contributed by atoms with Crippen LogP contribution < -0.4 is 0 Å². The Bertz CT molecular complexity index is 189. The van der Waals surface area contributed by atoms with Crippen LogP contribution in [-0.4, -0.2) is 35.7 Å². The van der Waals surface area contributed by atoms with Gasteiger partial charge in [0, 0.05) is 23.9 Å². The third-order valence-electron chi connectivity index (χ3n) is 1.70. The van der Waals surface area contributed by atoms with Crippen LogP contribution >= 0.6 is 32.3 Å². The molecule has 0 aromatic heterocycles. The second-order valence-electron chi connectivity index (χ2n) is 2.61. The Morgan fingerprint density at radius 1 is 1.67 bits per heavy atom. The Morgan fingerprint density at radius 2 is 2.50 bits per heavy atom. The molecule has 1 fully saturated rings. The average molecular weight is 221 g/mol. The molecule has 0 unspecified atom stereocenters. The number of hydrogen-bond acceptors (Lipinski definition) is 5. The molecule has 5 heteroatoms. The molecule has 0 saturated carbocycles. The minimum absolute atomic E-state index is 0.140. The van der Waals surface area contributed by atoms with Gasteiger partial charge in [0.1, 0.15) is 0 Å². The lowest BCUT2D eigenvalue weighted by atomic mass is 10.3. The van der Waals surface area contributed by atoms with Gasteiger partial charge in [-0.1, -0.05) is 17.6 Å². The third-order valence-corrected chi connectivity index (χ3v) is 3.15. The summed E-state index contributed by atoms with van der Waals surface area (Å²) in [5.74, 6) is 3.01. The molecule has 0 bridgehead atoms. The highest BCUT2D eigenvalue weighted by atomic mass is 33.5. The SMILES string of the molecule is O[C@H]1CCN(CC#CSSS)C1. The average Bonchev–Trinajstić information content (AvgIpc) is 2.45. The minimum Gasteiger partial charge on any atom is -0.392 e. The van der Waals surface area contributed by atoms with Crippen molar-refractivity contribution >= 4 is 32.3 Å². The summed E-state index contributed by atoms with van der Waals surface area (Å²) in [4.78, 5) is 2.15. The Kier molecular flexibility index (Phi) is 5.35. The van der Waals surface area contributed by atoms with E-state index in [4.69, 9.17) is 0 Å². The van der Waals surface area contributed by atoms with Crippen molar-refractivity contribution in [3.05, 3.63) is 0 Å². The molecule has 1 atom stereocenters. The van der Waals surface area contributed by atoms with Gasteiger partial charge < -0.3 is 5.11 Å². The first-order valence-corrected chi connectivity index (χ1v) is 6.88. The summed E-state index contributed by atoms with van der Waals surface area (Å²) < 4.78 is 0. The number of nitrogens with zero attached hydrogens (tertiary/aromatic N) is 1. The maximum absolute atomic E-state index is 9.19. The van der Waals surface area contributed by atoms with E-state index in [1.165, 1.54) is 20.6 Å². The maximum atomic E-state index is 9.19. The summed E-state index contributed by atoms with van der Waals surface area (Å²) in [5, 5.41) is 12.1. The molecule has 1 rings (SSSR count). The van der Waals surface area contributed by atoms with Gasteiger partial charge in [0.05, 0.1) is 12.6 Å². The topological polar surface area (TPSA) is 23.5 Å². The van der Waals surface area contributed by atoms with Crippen molar-refractivity contribution in [1.29, 1.82) is 0 Å². The second kappa shape index (κ2) is 6.06. The summed E-state index contributed by atoms with van der Waals surface area (Å²) in [6.07, 6.45) is 0.745. The third kappa shape index (κ3) is 3.97. The lowest BCUT2D eigenvalue weighted by Gasteiger charge is -2.08. The van der Waals surface area contributed by atoms with Gasteiger partial charge in [-0.2, -0.15) is 0 Å². The molecule has 0 amide bonds. The zero-order chi connectivity index (χ0) is 8.81. The molecule has 2 nitrogen and oxygen atoms in total. The first-order valence-electron chi connectivity index (χ1n) is 3.68. The molecule has 0 aromatic carbocycles. The van der Waals surface area contributed by atoms with Crippen molar-refractivity contribution in [3.8, 4) is 11.2 Å². The number of likely N-dealkylation sites (tertiary alicyclic amines) is 1. The van der Waals surface area contributed by atoms with E-state index >= 15 is 0 Å². The minimum atomic E-state index is -0.140. The number of thiol groups is 1. The van der Waals surface area contributed by atoms with Crippen molar-refractivity contribution in [2.45, 2.75) is 12.5 Å². The Labute approximate surface area is 85.7 Å². The van der Waals surface area contributed by atoms with E-state index in [0.717, 1.165) is 26.1 Å². The maximum Gasteiger partial charge on any atom is 0.0679 e. The predicted octanol–water partition coefficient (Wildman–Crippen LogP) is 1.24. The molecular formula is C7H11NOS3. The highest BCUT2D eigenvalue weighted by molar-refractivity contribution is 9.06. The van der Waals surface area contributed by atoms with Crippen LogP contribution in [-0.2, 0) is 0 Å².